The van der Waals surface area contributed by atoms with Crippen LogP contribution in [0.1, 0.15) is 22.2 Å². The molecule has 0 aromatic carbocycles. The highest BCUT2D eigenvalue weighted by atomic mass is 79.9. The largest absolute Gasteiger partial charge is 0.144 e. The summed E-state index contributed by atoms with van der Waals surface area (Å²) in [4.78, 5) is 2.92. The fraction of sp³-hybridized carbons (Fsp3) is 0.333. The van der Waals surface area contributed by atoms with Crippen molar-refractivity contribution in [3.05, 3.63) is 25.4 Å². The lowest BCUT2D eigenvalue weighted by Gasteiger charge is -1.87. The molecule has 0 saturated heterocycles. The molecule has 0 spiro atoms. The molecule has 1 aromatic heterocycles. The second-order valence-corrected chi connectivity index (χ2v) is 5.08. The molecule has 1 aliphatic carbocycles. The molecule has 0 bridgehead atoms. The van der Waals surface area contributed by atoms with E-state index in [1.54, 1.807) is 0 Å². The molecule has 2 rings (SSSR count). The van der Waals surface area contributed by atoms with E-state index in [1.807, 2.05) is 11.3 Å². The molecule has 58 valence electrons. The van der Waals surface area contributed by atoms with E-state index >= 15 is 0 Å². The van der Waals surface area contributed by atoms with Gasteiger partial charge in [-0.25, -0.2) is 0 Å². The standard InChI is InChI=1S/C9H9BrS/c1-5-3-7-8(4-5)11-6(2)9(7)10/h3H,4H2,1-2H3. The number of thiophene rings is 1. The van der Waals surface area contributed by atoms with Gasteiger partial charge >= 0.3 is 0 Å². The molecule has 0 N–H and O–H groups in total. The summed E-state index contributed by atoms with van der Waals surface area (Å²) in [5.41, 5.74) is 2.90. The zero-order valence-electron chi connectivity index (χ0n) is 6.57. The van der Waals surface area contributed by atoms with Gasteiger partial charge in [-0.05, 0) is 29.8 Å². The predicted octanol–water partition coefficient (Wildman–Crippen LogP) is 3.78. The van der Waals surface area contributed by atoms with Crippen LogP contribution in [-0.2, 0) is 6.42 Å². The van der Waals surface area contributed by atoms with Crippen LogP contribution in [0.25, 0.3) is 6.08 Å². The van der Waals surface area contributed by atoms with Crippen molar-refractivity contribution in [1.82, 2.24) is 0 Å². The van der Waals surface area contributed by atoms with Crippen LogP contribution in [0.15, 0.2) is 10.0 Å². The first-order valence-electron chi connectivity index (χ1n) is 3.63. The number of halogens is 1. The highest BCUT2D eigenvalue weighted by Gasteiger charge is 2.16. The summed E-state index contributed by atoms with van der Waals surface area (Å²) >= 11 is 5.50. The van der Waals surface area contributed by atoms with Gasteiger partial charge in [0.1, 0.15) is 0 Å². The molecule has 0 aliphatic heterocycles. The van der Waals surface area contributed by atoms with E-state index in [0.717, 1.165) is 6.42 Å². The first-order valence-corrected chi connectivity index (χ1v) is 5.24. The van der Waals surface area contributed by atoms with Crippen molar-refractivity contribution in [3.8, 4) is 0 Å². The maximum Gasteiger partial charge on any atom is 0.0387 e. The average Bonchev–Trinajstić information content (AvgIpc) is 2.37. The fourth-order valence-corrected chi connectivity index (χ4v) is 3.29. The Bertz CT molecular complexity index is 334. The fourth-order valence-electron chi connectivity index (χ4n) is 1.42. The molecule has 0 saturated carbocycles. The van der Waals surface area contributed by atoms with Gasteiger partial charge in [-0.15, -0.1) is 11.3 Å². The van der Waals surface area contributed by atoms with Gasteiger partial charge in [-0.1, -0.05) is 11.6 Å². The third kappa shape index (κ3) is 1.09. The van der Waals surface area contributed by atoms with E-state index in [9.17, 15) is 0 Å². The van der Waals surface area contributed by atoms with Gasteiger partial charge in [0.15, 0.2) is 0 Å². The van der Waals surface area contributed by atoms with Gasteiger partial charge in [0, 0.05) is 26.2 Å². The zero-order valence-corrected chi connectivity index (χ0v) is 8.97. The van der Waals surface area contributed by atoms with Crippen LogP contribution in [-0.4, -0.2) is 0 Å². The normalized spacial score (nSPS) is 15.0. The van der Waals surface area contributed by atoms with Crippen LogP contribution in [0, 0.1) is 6.92 Å². The van der Waals surface area contributed by atoms with Gasteiger partial charge in [-0.3, -0.25) is 0 Å². The van der Waals surface area contributed by atoms with Crippen LogP contribution in [0.5, 0.6) is 0 Å². The van der Waals surface area contributed by atoms with Crippen LogP contribution in [0.3, 0.4) is 0 Å². The van der Waals surface area contributed by atoms with Gasteiger partial charge in [0.05, 0.1) is 0 Å². The number of fused-ring (bicyclic) bond motifs is 1. The van der Waals surface area contributed by atoms with Crippen molar-refractivity contribution in [3.63, 3.8) is 0 Å². The zero-order chi connectivity index (χ0) is 8.01. The lowest BCUT2D eigenvalue weighted by atomic mass is 10.3. The van der Waals surface area contributed by atoms with Gasteiger partial charge in [0.2, 0.25) is 0 Å². The van der Waals surface area contributed by atoms with Crippen molar-refractivity contribution in [1.29, 1.82) is 0 Å². The number of rotatable bonds is 0. The Morgan fingerprint density at radius 2 is 2.18 bits per heavy atom. The van der Waals surface area contributed by atoms with Gasteiger partial charge in [0.25, 0.3) is 0 Å². The molecule has 0 fully saturated rings. The molecule has 1 aliphatic rings. The lowest BCUT2D eigenvalue weighted by Crippen LogP contribution is -1.72. The quantitative estimate of drug-likeness (QED) is 0.635. The van der Waals surface area contributed by atoms with Crippen LogP contribution >= 0.6 is 27.3 Å². The molecule has 0 atom stereocenters. The second kappa shape index (κ2) is 2.46. The summed E-state index contributed by atoms with van der Waals surface area (Å²) in [5.74, 6) is 0. The Balaban J connectivity index is 2.61. The van der Waals surface area contributed by atoms with E-state index in [0.29, 0.717) is 0 Å². The van der Waals surface area contributed by atoms with E-state index < -0.39 is 0 Å². The molecular weight excluding hydrogens is 220 g/mol. The minimum Gasteiger partial charge on any atom is -0.144 e. The average molecular weight is 229 g/mol. The first kappa shape index (κ1) is 7.56. The maximum atomic E-state index is 3.59. The molecule has 0 amide bonds. The number of hydrogen-bond acceptors (Lipinski definition) is 1. The monoisotopic (exact) mass is 228 g/mol. The summed E-state index contributed by atoms with van der Waals surface area (Å²) in [6.45, 7) is 4.35. The van der Waals surface area contributed by atoms with E-state index in [4.69, 9.17) is 0 Å². The van der Waals surface area contributed by atoms with Gasteiger partial charge in [-0.2, -0.15) is 0 Å². The van der Waals surface area contributed by atoms with Crippen molar-refractivity contribution in [2.75, 3.05) is 0 Å². The van der Waals surface area contributed by atoms with Crippen molar-refractivity contribution >= 4 is 33.3 Å². The van der Waals surface area contributed by atoms with E-state index in [-0.39, 0.29) is 0 Å². The van der Waals surface area contributed by atoms with Crippen LogP contribution < -0.4 is 0 Å². The van der Waals surface area contributed by atoms with E-state index in [2.05, 4.69) is 35.9 Å². The minimum absolute atomic E-state index is 1.16. The summed E-state index contributed by atoms with van der Waals surface area (Å²) in [7, 11) is 0. The third-order valence-electron chi connectivity index (χ3n) is 1.95. The summed E-state index contributed by atoms with van der Waals surface area (Å²) in [6, 6.07) is 0. The molecule has 11 heavy (non-hydrogen) atoms. The summed E-state index contributed by atoms with van der Waals surface area (Å²) < 4.78 is 1.30. The SMILES string of the molecule is CC1=Cc2c(sc(C)c2Br)C1. The lowest BCUT2D eigenvalue weighted by molar-refractivity contribution is 1.24. The summed E-state index contributed by atoms with van der Waals surface area (Å²) in [5, 5.41) is 0. The highest BCUT2D eigenvalue weighted by Crippen LogP contribution is 2.39. The number of allylic oxidation sites excluding steroid dienone is 1. The highest BCUT2D eigenvalue weighted by molar-refractivity contribution is 9.10. The maximum absolute atomic E-state index is 3.59. The van der Waals surface area contributed by atoms with Crippen molar-refractivity contribution in [2.24, 2.45) is 0 Å². The van der Waals surface area contributed by atoms with Gasteiger partial charge < -0.3 is 0 Å². The molecule has 0 nitrogen and oxygen atoms in total. The van der Waals surface area contributed by atoms with Crippen molar-refractivity contribution in [2.45, 2.75) is 20.3 Å². The Labute approximate surface area is 79.1 Å². The predicted molar refractivity (Wildman–Crippen MR) is 54.1 cm³/mol. The summed E-state index contributed by atoms with van der Waals surface area (Å²) in [6.07, 6.45) is 3.44. The first-order chi connectivity index (χ1) is 5.18. The Morgan fingerprint density at radius 3 is 2.82 bits per heavy atom. The molecular formula is C9H9BrS. The molecule has 1 aromatic rings. The minimum atomic E-state index is 1.16. The molecule has 2 heteroatoms. The number of aryl methyl sites for hydroxylation is 1. The smallest absolute Gasteiger partial charge is 0.0387 e. The van der Waals surface area contributed by atoms with E-state index in [1.165, 1.54) is 25.4 Å². The Kier molecular flexibility index (Phi) is 1.69. The molecule has 0 radical (unpaired) electrons. The Hall–Kier alpha value is -0.0800. The third-order valence-corrected chi connectivity index (χ3v) is 4.36. The van der Waals surface area contributed by atoms with Crippen LogP contribution in [0.4, 0.5) is 0 Å². The second-order valence-electron chi connectivity index (χ2n) is 2.98. The van der Waals surface area contributed by atoms with Crippen LogP contribution in [0.2, 0.25) is 0 Å². The topological polar surface area (TPSA) is 0 Å². The van der Waals surface area contributed by atoms with Crippen molar-refractivity contribution < 1.29 is 0 Å². The molecule has 1 heterocycles. The number of hydrogen-bond donors (Lipinski definition) is 0. The molecule has 0 unspecified atom stereocenters. The Morgan fingerprint density at radius 1 is 1.45 bits per heavy atom.